The van der Waals surface area contributed by atoms with Gasteiger partial charge in [0.25, 0.3) is 0 Å². The van der Waals surface area contributed by atoms with E-state index in [-0.39, 0.29) is 11.3 Å². The zero-order valence-electron chi connectivity index (χ0n) is 12.1. The van der Waals surface area contributed by atoms with Crippen molar-refractivity contribution in [3.63, 3.8) is 0 Å². The summed E-state index contributed by atoms with van der Waals surface area (Å²) in [6.45, 7) is 5.96. The third-order valence-corrected chi connectivity index (χ3v) is 3.84. The Balaban J connectivity index is 2.13. The molecule has 2 heterocycles. The van der Waals surface area contributed by atoms with Crippen LogP contribution in [0.15, 0.2) is 10.7 Å². The van der Waals surface area contributed by atoms with Crippen molar-refractivity contribution in [3.05, 3.63) is 17.7 Å². The maximum Gasteiger partial charge on any atom is 0.232 e. The number of furan rings is 1. The second-order valence-electron chi connectivity index (χ2n) is 5.79. The summed E-state index contributed by atoms with van der Waals surface area (Å²) in [7, 11) is 0. The van der Waals surface area contributed by atoms with Gasteiger partial charge in [0.15, 0.2) is 5.78 Å². The van der Waals surface area contributed by atoms with Gasteiger partial charge >= 0.3 is 0 Å². The number of hydrogen-bond donors (Lipinski definition) is 1. The number of fused-ring (bicyclic) bond motifs is 1. The van der Waals surface area contributed by atoms with Crippen molar-refractivity contribution in [2.24, 2.45) is 0 Å². The molecule has 0 bridgehead atoms. The summed E-state index contributed by atoms with van der Waals surface area (Å²) < 4.78 is 5.63. The minimum absolute atomic E-state index is 0.0948. The Morgan fingerprint density at radius 1 is 1.45 bits per heavy atom. The molecule has 0 spiro atoms. The van der Waals surface area contributed by atoms with Crippen molar-refractivity contribution in [1.82, 2.24) is 9.97 Å². The minimum Gasteiger partial charge on any atom is -0.442 e. The van der Waals surface area contributed by atoms with Gasteiger partial charge in [-0.15, -0.1) is 0 Å². The molecule has 1 aliphatic rings. The lowest BCUT2D eigenvalue weighted by Crippen LogP contribution is -2.17. The summed E-state index contributed by atoms with van der Waals surface area (Å²) >= 11 is 0. The van der Waals surface area contributed by atoms with Crippen molar-refractivity contribution in [2.45, 2.75) is 52.0 Å². The number of anilines is 1. The van der Waals surface area contributed by atoms with Crippen LogP contribution in [0.3, 0.4) is 0 Å². The SMILES string of the molecule is CCCC(=O)c1c(C)oc2ncnc(NC3(C)CC3)c12. The van der Waals surface area contributed by atoms with Crippen molar-refractivity contribution < 1.29 is 9.21 Å². The van der Waals surface area contributed by atoms with Crippen LogP contribution in [0.4, 0.5) is 5.82 Å². The van der Waals surface area contributed by atoms with Crippen LogP contribution < -0.4 is 5.32 Å². The monoisotopic (exact) mass is 273 g/mol. The number of carbonyl (C=O) groups excluding carboxylic acids is 1. The van der Waals surface area contributed by atoms with E-state index in [0.717, 1.165) is 24.6 Å². The number of hydrogen-bond acceptors (Lipinski definition) is 5. The Morgan fingerprint density at radius 2 is 2.20 bits per heavy atom. The summed E-state index contributed by atoms with van der Waals surface area (Å²) in [5.41, 5.74) is 1.22. The van der Waals surface area contributed by atoms with Gasteiger partial charge in [0.05, 0.1) is 10.9 Å². The first-order valence-corrected chi connectivity index (χ1v) is 7.09. The van der Waals surface area contributed by atoms with Gasteiger partial charge in [0.2, 0.25) is 5.71 Å². The molecular formula is C15H19N3O2. The highest BCUT2D eigenvalue weighted by Crippen LogP contribution is 2.40. The molecule has 20 heavy (non-hydrogen) atoms. The highest BCUT2D eigenvalue weighted by atomic mass is 16.3. The number of Topliss-reactive ketones (excluding diaryl/α,β-unsaturated/α-hetero) is 1. The van der Waals surface area contributed by atoms with Gasteiger partial charge in [-0.3, -0.25) is 4.79 Å². The predicted octanol–water partition coefficient (Wildman–Crippen LogP) is 3.48. The van der Waals surface area contributed by atoms with Gasteiger partial charge in [-0.05, 0) is 33.1 Å². The van der Waals surface area contributed by atoms with E-state index in [4.69, 9.17) is 4.42 Å². The molecule has 1 N–H and O–H groups in total. The van der Waals surface area contributed by atoms with Crippen LogP contribution in [0.1, 0.15) is 55.6 Å². The molecule has 1 fully saturated rings. The van der Waals surface area contributed by atoms with Crippen LogP contribution in [0.5, 0.6) is 0 Å². The molecule has 106 valence electrons. The number of aryl methyl sites for hydroxylation is 1. The van der Waals surface area contributed by atoms with Crippen molar-refractivity contribution in [2.75, 3.05) is 5.32 Å². The Hall–Kier alpha value is -1.91. The van der Waals surface area contributed by atoms with Gasteiger partial charge in [-0.25, -0.2) is 9.97 Å². The number of nitrogens with one attached hydrogen (secondary N) is 1. The molecule has 0 aromatic carbocycles. The Morgan fingerprint density at radius 3 is 2.85 bits per heavy atom. The van der Waals surface area contributed by atoms with E-state index in [1.165, 1.54) is 6.33 Å². The van der Waals surface area contributed by atoms with Crippen LogP contribution in [0.25, 0.3) is 11.1 Å². The van der Waals surface area contributed by atoms with Crippen LogP contribution in [-0.4, -0.2) is 21.3 Å². The first kappa shape index (κ1) is 13.1. The summed E-state index contributed by atoms with van der Waals surface area (Å²) in [4.78, 5) is 20.8. The van der Waals surface area contributed by atoms with Crippen molar-refractivity contribution in [1.29, 1.82) is 0 Å². The van der Waals surface area contributed by atoms with Gasteiger partial charge in [0.1, 0.15) is 17.9 Å². The molecule has 1 saturated carbocycles. The quantitative estimate of drug-likeness (QED) is 0.845. The van der Waals surface area contributed by atoms with E-state index in [0.29, 0.717) is 29.3 Å². The topological polar surface area (TPSA) is 68.0 Å². The lowest BCUT2D eigenvalue weighted by molar-refractivity contribution is 0.0981. The van der Waals surface area contributed by atoms with E-state index in [1.54, 1.807) is 0 Å². The van der Waals surface area contributed by atoms with Crippen LogP contribution >= 0.6 is 0 Å². The predicted molar refractivity (Wildman–Crippen MR) is 77.0 cm³/mol. The van der Waals surface area contributed by atoms with E-state index in [1.807, 2.05) is 13.8 Å². The van der Waals surface area contributed by atoms with Crippen LogP contribution in [0.2, 0.25) is 0 Å². The first-order valence-electron chi connectivity index (χ1n) is 7.09. The molecule has 2 aromatic rings. The van der Waals surface area contributed by atoms with E-state index in [2.05, 4.69) is 22.2 Å². The molecule has 0 aliphatic heterocycles. The fourth-order valence-corrected chi connectivity index (χ4v) is 2.43. The number of rotatable bonds is 5. The molecule has 2 aromatic heterocycles. The molecule has 3 rings (SSSR count). The van der Waals surface area contributed by atoms with Crippen LogP contribution in [0, 0.1) is 6.92 Å². The summed E-state index contributed by atoms with van der Waals surface area (Å²) in [6, 6.07) is 0. The van der Waals surface area contributed by atoms with Gasteiger partial charge in [-0.2, -0.15) is 0 Å². The first-order chi connectivity index (χ1) is 9.54. The lowest BCUT2D eigenvalue weighted by Gasteiger charge is -2.12. The number of aromatic nitrogens is 2. The molecule has 0 radical (unpaired) electrons. The fourth-order valence-electron chi connectivity index (χ4n) is 2.43. The second kappa shape index (κ2) is 4.58. The summed E-state index contributed by atoms with van der Waals surface area (Å²) in [6.07, 6.45) is 5.05. The smallest absolute Gasteiger partial charge is 0.232 e. The zero-order valence-corrected chi connectivity index (χ0v) is 12.1. The third-order valence-electron chi connectivity index (χ3n) is 3.84. The zero-order chi connectivity index (χ0) is 14.3. The Bertz CT molecular complexity index is 671. The van der Waals surface area contributed by atoms with Gasteiger partial charge in [0, 0.05) is 12.0 Å². The van der Waals surface area contributed by atoms with E-state index < -0.39 is 0 Å². The maximum atomic E-state index is 12.3. The maximum absolute atomic E-state index is 12.3. The molecule has 0 amide bonds. The molecular weight excluding hydrogens is 254 g/mol. The number of carbonyl (C=O) groups is 1. The average Bonchev–Trinajstić information content (AvgIpc) is 3.00. The highest BCUT2D eigenvalue weighted by molar-refractivity contribution is 6.11. The third kappa shape index (κ3) is 2.17. The normalized spacial score (nSPS) is 16.4. The average molecular weight is 273 g/mol. The summed E-state index contributed by atoms with van der Waals surface area (Å²) in [5.74, 6) is 1.44. The van der Waals surface area contributed by atoms with Gasteiger partial charge in [-0.1, -0.05) is 6.92 Å². The summed E-state index contributed by atoms with van der Waals surface area (Å²) in [5, 5.41) is 4.16. The molecule has 5 nitrogen and oxygen atoms in total. The fraction of sp³-hybridized carbons (Fsp3) is 0.533. The van der Waals surface area contributed by atoms with Crippen molar-refractivity contribution >= 4 is 22.7 Å². The standard InChI is InChI=1S/C15H19N3O2/c1-4-5-10(19)11-9(2)20-14-12(11)13(16-8-17-14)18-15(3)6-7-15/h8H,4-7H2,1-3H3,(H,16,17,18). The van der Waals surface area contributed by atoms with Crippen LogP contribution in [-0.2, 0) is 0 Å². The van der Waals surface area contributed by atoms with E-state index in [9.17, 15) is 4.79 Å². The largest absolute Gasteiger partial charge is 0.442 e. The Labute approximate surface area is 117 Å². The highest BCUT2D eigenvalue weighted by Gasteiger charge is 2.38. The number of ketones is 1. The molecule has 0 unspecified atom stereocenters. The second-order valence-corrected chi connectivity index (χ2v) is 5.79. The molecule has 0 atom stereocenters. The molecule has 5 heteroatoms. The Kier molecular flexibility index (Phi) is 3.00. The minimum atomic E-state index is 0.0948. The lowest BCUT2D eigenvalue weighted by atomic mass is 10.0. The number of nitrogens with zero attached hydrogens (tertiary/aromatic N) is 2. The molecule has 1 aliphatic carbocycles. The van der Waals surface area contributed by atoms with E-state index >= 15 is 0 Å². The molecule has 0 saturated heterocycles. The van der Waals surface area contributed by atoms with Gasteiger partial charge < -0.3 is 9.73 Å². The van der Waals surface area contributed by atoms with Crippen molar-refractivity contribution in [3.8, 4) is 0 Å².